The summed E-state index contributed by atoms with van der Waals surface area (Å²) in [5.41, 5.74) is 9.91. The fourth-order valence-electron chi connectivity index (χ4n) is 1.96. The van der Waals surface area contributed by atoms with Crippen LogP contribution in [0.15, 0.2) is 48.5 Å². The molecule has 92 valence electrons. The summed E-state index contributed by atoms with van der Waals surface area (Å²) in [5.74, 6) is 0.0231. The molecule has 0 saturated carbocycles. The van der Waals surface area contributed by atoms with Gasteiger partial charge >= 0.3 is 0 Å². The van der Waals surface area contributed by atoms with Crippen LogP contribution >= 0.6 is 0 Å². The molecule has 0 fully saturated rings. The maximum atomic E-state index is 7.80. The number of hydrogen-bond donors (Lipinski definition) is 2. The molecule has 0 aliphatic carbocycles. The van der Waals surface area contributed by atoms with Gasteiger partial charge in [-0.15, -0.1) is 0 Å². The Morgan fingerprint density at radius 2 is 1.67 bits per heavy atom. The van der Waals surface area contributed by atoms with Gasteiger partial charge in [0, 0.05) is 5.69 Å². The van der Waals surface area contributed by atoms with Gasteiger partial charge < -0.3 is 5.73 Å². The van der Waals surface area contributed by atoms with E-state index < -0.39 is 0 Å². The number of benzene rings is 2. The number of hydrogen-bond acceptors (Lipinski definition) is 1. The quantitative estimate of drug-likeness (QED) is 0.624. The highest BCUT2D eigenvalue weighted by Gasteiger charge is 2.14. The second-order valence-corrected chi connectivity index (χ2v) is 4.28. The number of anilines is 2. The Labute approximate surface area is 107 Å². The molecule has 0 radical (unpaired) electrons. The van der Waals surface area contributed by atoms with Gasteiger partial charge in [-0.05, 0) is 43.2 Å². The van der Waals surface area contributed by atoms with E-state index in [1.165, 1.54) is 5.56 Å². The highest BCUT2D eigenvalue weighted by molar-refractivity contribution is 6.00. The second-order valence-electron chi connectivity index (χ2n) is 4.28. The molecule has 3 nitrogen and oxygen atoms in total. The molecule has 3 N–H and O–H groups in total. The number of nitrogens with two attached hydrogens (primary N) is 1. The van der Waals surface area contributed by atoms with Crippen LogP contribution < -0.4 is 10.6 Å². The van der Waals surface area contributed by atoms with Crippen molar-refractivity contribution in [2.24, 2.45) is 5.73 Å². The summed E-state index contributed by atoms with van der Waals surface area (Å²) in [6.07, 6.45) is 0. The van der Waals surface area contributed by atoms with E-state index in [4.69, 9.17) is 11.1 Å². The molecular formula is C15H17N3. The number of nitrogens with one attached hydrogen (secondary N) is 1. The summed E-state index contributed by atoms with van der Waals surface area (Å²) in [4.78, 5) is 1.75. The first-order valence-electron chi connectivity index (χ1n) is 5.86. The van der Waals surface area contributed by atoms with Crippen LogP contribution in [0.5, 0.6) is 0 Å². The average Bonchev–Trinajstić information content (AvgIpc) is 2.36. The molecule has 18 heavy (non-hydrogen) atoms. The zero-order valence-corrected chi connectivity index (χ0v) is 10.6. The zero-order valence-electron chi connectivity index (χ0n) is 10.6. The lowest BCUT2D eigenvalue weighted by molar-refractivity contribution is 1.21. The molecule has 0 amide bonds. The standard InChI is InChI=1S/C15H17N3/c1-11-7-6-10-14(12(11)2)18(15(16)17)13-8-4-3-5-9-13/h3-10H,1-2H3,(H3,16,17). The third kappa shape index (κ3) is 2.20. The van der Waals surface area contributed by atoms with Crippen molar-refractivity contribution in [1.29, 1.82) is 5.41 Å². The fraction of sp³-hybridized carbons (Fsp3) is 0.133. The molecule has 0 unspecified atom stereocenters. The normalized spacial score (nSPS) is 10.1. The van der Waals surface area contributed by atoms with Crippen molar-refractivity contribution >= 4 is 17.3 Å². The van der Waals surface area contributed by atoms with Crippen LogP contribution in [0.3, 0.4) is 0 Å². The predicted octanol–water partition coefficient (Wildman–Crippen LogP) is 3.34. The Morgan fingerprint density at radius 3 is 2.28 bits per heavy atom. The molecule has 0 spiro atoms. The summed E-state index contributed by atoms with van der Waals surface area (Å²) >= 11 is 0. The van der Waals surface area contributed by atoms with E-state index in [-0.39, 0.29) is 5.96 Å². The number of aryl methyl sites for hydroxylation is 1. The highest BCUT2D eigenvalue weighted by Crippen LogP contribution is 2.29. The smallest absolute Gasteiger partial charge is 0.197 e. The van der Waals surface area contributed by atoms with Gasteiger partial charge in [0.2, 0.25) is 0 Å². The van der Waals surface area contributed by atoms with Gasteiger partial charge in [0.25, 0.3) is 0 Å². The van der Waals surface area contributed by atoms with Crippen LogP contribution in [0.1, 0.15) is 11.1 Å². The average molecular weight is 239 g/mol. The first-order valence-corrected chi connectivity index (χ1v) is 5.86. The van der Waals surface area contributed by atoms with Crippen LogP contribution in [-0.2, 0) is 0 Å². The molecule has 0 heterocycles. The second kappa shape index (κ2) is 4.92. The van der Waals surface area contributed by atoms with Crippen molar-refractivity contribution in [3.05, 3.63) is 59.7 Å². The van der Waals surface area contributed by atoms with Gasteiger partial charge in [-0.1, -0.05) is 30.3 Å². The van der Waals surface area contributed by atoms with E-state index in [1.807, 2.05) is 49.4 Å². The van der Waals surface area contributed by atoms with Gasteiger partial charge in [-0.3, -0.25) is 10.3 Å². The minimum Gasteiger partial charge on any atom is -0.369 e. The summed E-state index contributed by atoms with van der Waals surface area (Å²) in [5, 5.41) is 7.80. The summed E-state index contributed by atoms with van der Waals surface area (Å²) < 4.78 is 0. The van der Waals surface area contributed by atoms with Gasteiger partial charge in [0.05, 0.1) is 5.69 Å². The number of para-hydroxylation sites is 1. The minimum absolute atomic E-state index is 0.0231. The van der Waals surface area contributed by atoms with E-state index in [0.717, 1.165) is 16.9 Å². The first kappa shape index (κ1) is 12.2. The van der Waals surface area contributed by atoms with Gasteiger partial charge in [0.15, 0.2) is 5.96 Å². The predicted molar refractivity (Wildman–Crippen MR) is 76.4 cm³/mol. The third-order valence-corrected chi connectivity index (χ3v) is 3.07. The summed E-state index contributed by atoms with van der Waals surface area (Å²) in [6.45, 7) is 4.10. The lowest BCUT2D eigenvalue weighted by atomic mass is 10.1. The Balaban J connectivity index is 2.56. The van der Waals surface area contributed by atoms with E-state index >= 15 is 0 Å². The van der Waals surface area contributed by atoms with E-state index in [0.29, 0.717) is 0 Å². The lowest BCUT2D eigenvalue weighted by Crippen LogP contribution is -2.32. The monoisotopic (exact) mass is 239 g/mol. The minimum atomic E-state index is 0.0231. The van der Waals surface area contributed by atoms with Gasteiger partial charge in [-0.2, -0.15) is 0 Å². The van der Waals surface area contributed by atoms with Crippen LogP contribution in [0.25, 0.3) is 0 Å². The molecule has 0 aliphatic heterocycles. The Hall–Kier alpha value is -2.29. The molecule has 0 atom stereocenters. The van der Waals surface area contributed by atoms with E-state index in [9.17, 15) is 0 Å². The van der Waals surface area contributed by atoms with Gasteiger partial charge in [0.1, 0.15) is 0 Å². The van der Waals surface area contributed by atoms with Crippen molar-refractivity contribution in [2.75, 3.05) is 4.90 Å². The number of rotatable bonds is 2. The number of nitrogens with zero attached hydrogens (tertiary/aromatic N) is 1. The van der Waals surface area contributed by atoms with E-state index in [2.05, 4.69) is 13.0 Å². The van der Waals surface area contributed by atoms with Crippen LogP contribution in [-0.4, -0.2) is 5.96 Å². The fourth-order valence-corrected chi connectivity index (χ4v) is 1.96. The number of guanidine groups is 1. The molecule has 0 bridgehead atoms. The molecular weight excluding hydrogens is 222 g/mol. The zero-order chi connectivity index (χ0) is 13.1. The van der Waals surface area contributed by atoms with Gasteiger partial charge in [-0.25, -0.2) is 0 Å². The maximum Gasteiger partial charge on any atom is 0.197 e. The molecule has 0 aliphatic rings. The van der Waals surface area contributed by atoms with Crippen LogP contribution in [0, 0.1) is 19.3 Å². The lowest BCUT2D eigenvalue weighted by Gasteiger charge is -2.25. The molecule has 3 heteroatoms. The van der Waals surface area contributed by atoms with Crippen molar-refractivity contribution in [3.8, 4) is 0 Å². The largest absolute Gasteiger partial charge is 0.369 e. The highest BCUT2D eigenvalue weighted by atomic mass is 15.2. The van der Waals surface area contributed by atoms with E-state index in [1.54, 1.807) is 4.90 Å². The van der Waals surface area contributed by atoms with Crippen molar-refractivity contribution in [2.45, 2.75) is 13.8 Å². The molecule has 0 saturated heterocycles. The third-order valence-electron chi connectivity index (χ3n) is 3.07. The summed E-state index contributed by atoms with van der Waals surface area (Å²) in [6, 6.07) is 15.7. The SMILES string of the molecule is Cc1cccc(N(C(=N)N)c2ccccc2)c1C. The summed E-state index contributed by atoms with van der Waals surface area (Å²) in [7, 11) is 0. The van der Waals surface area contributed by atoms with Crippen molar-refractivity contribution in [1.82, 2.24) is 0 Å². The topological polar surface area (TPSA) is 53.1 Å². The Morgan fingerprint density at radius 1 is 1.00 bits per heavy atom. The molecule has 0 aromatic heterocycles. The Bertz CT molecular complexity index is 561. The molecule has 2 aromatic rings. The maximum absolute atomic E-state index is 7.80. The van der Waals surface area contributed by atoms with Crippen molar-refractivity contribution < 1.29 is 0 Å². The Kier molecular flexibility index (Phi) is 3.33. The molecule has 2 aromatic carbocycles. The first-order chi connectivity index (χ1) is 8.61. The molecule has 2 rings (SSSR count). The van der Waals surface area contributed by atoms with Crippen LogP contribution in [0.2, 0.25) is 0 Å². The van der Waals surface area contributed by atoms with Crippen LogP contribution in [0.4, 0.5) is 11.4 Å². The van der Waals surface area contributed by atoms with Crippen molar-refractivity contribution in [3.63, 3.8) is 0 Å².